The Balaban J connectivity index is 4.56. The minimum atomic E-state index is -4.94. The van der Waals surface area contributed by atoms with E-state index in [2.05, 4.69) is 179 Å². The van der Waals surface area contributed by atoms with Crippen LogP contribution in [0, 0.1) is 0 Å². The highest BCUT2D eigenvalue weighted by molar-refractivity contribution is 7.47. The van der Waals surface area contributed by atoms with Crippen LogP contribution in [0.1, 0.15) is 290 Å². The number of hydrogen-bond donors (Lipinski definition) is 4. The summed E-state index contributed by atoms with van der Waals surface area (Å²) in [4.78, 5) is 58.6. The van der Waals surface area contributed by atoms with Crippen LogP contribution in [0.5, 0.6) is 0 Å². The van der Waals surface area contributed by atoms with E-state index in [1.165, 1.54) is 57.8 Å². The van der Waals surface area contributed by atoms with Gasteiger partial charge >= 0.3 is 33.6 Å². The molecule has 0 saturated heterocycles. The third kappa shape index (κ3) is 76.1. The molecular weight excluding hydrogens is 1310 g/mol. The number of carbonyl (C=O) groups is 3. The van der Waals surface area contributed by atoms with Gasteiger partial charge in [0.1, 0.15) is 25.4 Å². The van der Waals surface area contributed by atoms with Gasteiger partial charge in [-0.1, -0.05) is 281 Å². The van der Waals surface area contributed by atoms with Crippen molar-refractivity contribution in [3.8, 4) is 0 Å². The number of aliphatic hydroxyl groups excluding tert-OH is 2. The molecule has 0 aromatic carbocycles. The van der Waals surface area contributed by atoms with E-state index in [4.69, 9.17) is 32.3 Å². The summed E-state index contributed by atoms with van der Waals surface area (Å²) in [6.45, 7) is 2.38. The zero-order chi connectivity index (χ0) is 73.7. The summed E-state index contributed by atoms with van der Waals surface area (Å²) in [6, 6.07) is 0. The number of allylic oxidation sites excluding steroid dienone is 26. The maximum Gasteiger partial charge on any atom is 0.472 e. The van der Waals surface area contributed by atoms with Gasteiger partial charge in [-0.25, -0.2) is 9.13 Å². The van der Waals surface area contributed by atoms with Crippen LogP contribution in [-0.2, 0) is 55.8 Å². The number of rotatable bonds is 72. The topological polar surface area (TPSA) is 231 Å². The minimum Gasteiger partial charge on any atom is -0.463 e. The number of phosphoric acid groups is 2. The molecule has 0 aliphatic heterocycles. The van der Waals surface area contributed by atoms with Gasteiger partial charge in [0.25, 0.3) is 0 Å². The lowest BCUT2D eigenvalue weighted by Crippen LogP contribution is -2.30. The standard InChI is InChI=1S/C83H138O16P2/c1-4-7-10-13-16-19-22-25-27-29-31-33-35-36-37-38-39-40-42-44-45-47-49-52-54-57-60-63-66-69-81(86)93-72-78(84)73-95-100(89,90)96-74-79(85)75-97-101(91,92)98-77-80(99-83(88)71-68-65-62-59-56-51-24-21-18-15-12-9-6-3)76-94-82(87)70-67-64-61-58-55-53-50-48-46-43-41-34-32-30-28-26-23-20-17-14-11-8-5-2/h7-8,10-11,16-17,19-21,24-28,31-34,36-37,39-40,43,46,50,53,78-80,84-85H,4-6,9,12-15,18,22-23,29-30,35,38,41-42,44-45,47-49,51-52,54-77H2,1-3H3,(H,89,90)(H,91,92)/b10-7-,11-8-,19-16-,20-17-,24-21-,27-25-,28-26-,33-31-,34-32-,37-36-,40-39-,46-43-,53-50-. The second-order valence-corrected chi connectivity index (χ2v) is 28.3. The monoisotopic (exact) mass is 1450 g/mol. The molecule has 0 bridgehead atoms. The maximum atomic E-state index is 12.9. The van der Waals surface area contributed by atoms with Crippen LogP contribution in [0.15, 0.2) is 158 Å². The summed E-state index contributed by atoms with van der Waals surface area (Å²) >= 11 is 0. The Kier molecular flexibility index (Phi) is 71.3. The fourth-order valence-corrected chi connectivity index (χ4v) is 11.5. The van der Waals surface area contributed by atoms with E-state index >= 15 is 0 Å². The van der Waals surface area contributed by atoms with Crippen LogP contribution in [0.4, 0.5) is 0 Å². The highest BCUT2D eigenvalue weighted by Gasteiger charge is 2.29. The molecule has 0 aromatic rings. The van der Waals surface area contributed by atoms with E-state index in [0.29, 0.717) is 19.3 Å². The molecule has 18 heteroatoms. The van der Waals surface area contributed by atoms with Crippen LogP contribution in [0.25, 0.3) is 0 Å². The summed E-state index contributed by atoms with van der Waals surface area (Å²) in [7, 11) is -9.80. The molecule has 0 rings (SSSR count). The van der Waals surface area contributed by atoms with Crippen molar-refractivity contribution in [3.63, 3.8) is 0 Å². The highest BCUT2D eigenvalue weighted by atomic mass is 31.2. The molecule has 0 aliphatic carbocycles. The van der Waals surface area contributed by atoms with Gasteiger partial charge in [-0.3, -0.25) is 32.5 Å². The van der Waals surface area contributed by atoms with Gasteiger partial charge in [-0.15, -0.1) is 0 Å². The van der Waals surface area contributed by atoms with Crippen molar-refractivity contribution in [1.82, 2.24) is 0 Å². The second kappa shape index (κ2) is 74.9. The lowest BCUT2D eigenvalue weighted by molar-refractivity contribution is -0.161. The van der Waals surface area contributed by atoms with Gasteiger partial charge in [0, 0.05) is 19.3 Å². The fourth-order valence-electron chi connectivity index (χ4n) is 9.87. The Morgan fingerprint density at radius 3 is 0.842 bits per heavy atom. The first-order valence-corrected chi connectivity index (χ1v) is 41.8. The van der Waals surface area contributed by atoms with Gasteiger partial charge < -0.3 is 34.2 Å². The van der Waals surface area contributed by atoms with Crippen molar-refractivity contribution >= 4 is 33.6 Å². The molecule has 0 amide bonds. The molecular formula is C83H138O16P2. The zero-order valence-corrected chi connectivity index (χ0v) is 64.6. The number of esters is 3. The normalized spacial score (nSPS) is 14.9. The Morgan fingerprint density at radius 2 is 0.525 bits per heavy atom. The Hall–Kier alpha value is -4.83. The SMILES string of the molecule is CC/C=C\C/C=C\C/C=C\C/C=C\C/C=C\C/C=C\CCCCCCCCCCCCC(=O)OCC(O)COP(=O)(O)OCC(O)COP(=O)(O)OCC(COC(=O)CCCCCC/C=C\C/C=C\C/C=C\C/C=C\C/C=C\C/C=C\CC)OC(=O)CCCCCCC/C=C\CCCCCC. The van der Waals surface area contributed by atoms with Crippen LogP contribution in [-0.4, -0.2) is 95.9 Å². The van der Waals surface area contributed by atoms with E-state index in [1.54, 1.807) is 0 Å². The largest absolute Gasteiger partial charge is 0.472 e. The van der Waals surface area contributed by atoms with Crippen molar-refractivity contribution in [1.29, 1.82) is 0 Å². The van der Waals surface area contributed by atoms with Crippen molar-refractivity contribution in [2.45, 2.75) is 309 Å². The number of phosphoric ester groups is 2. The third-order valence-electron chi connectivity index (χ3n) is 15.7. The predicted molar refractivity (Wildman–Crippen MR) is 417 cm³/mol. The van der Waals surface area contributed by atoms with Crippen molar-refractivity contribution < 1.29 is 75.8 Å². The zero-order valence-electron chi connectivity index (χ0n) is 62.8. The lowest BCUT2D eigenvalue weighted by Gasteiger charge is -2.21. The van der Waals surface area contributed by atoms with Crippen molar-refractivity contribution in [2.75, 3.05) is 39.6 Å². The van der Waals surface area contributed by atoms with Crippen LogP contribution in [0.3, 0.4) is 0 Å². The molecule has 5 unspecified atom stereocenters. The van der Waals surface area contributed by atoms with Crippen LogP contribution >= 0.6 is 15.6 Å². The van der Waals surface area contributed by atoms with E-state index in [1.807, 2.05) is 0 Å². The van der Waals surface area contributed by atoms with Crippen LogP contribution < -0.4 is 0 Å². The molecule has 0 saturated carbocycles. The van der Waals surface area contributed by atoms with E-state index in [-0.39, 0.29) is 19.3 Å². The molecule has 0 fully saturated rings. The Morgan fingerprint density at radius 1 is 0.287 bits per heavy atom. The summed E-state index contributed by atoms with van der Waals surface area (Å²) in [5.74, 6) is -1.62. The summed E-state index contributed by atoms with van der Waals surface area (Å²) in [6.07, 6.45) is 92.9. The van der Waals surface area contributed by atoms with Crippen molar-refractivity contribution in [3.05, 3.63) is 158 Å². The van der Waals surface area contributed by atoms with Gasteiger partial charge in [0.2, 0.25) is 0 Å². The van der Waals surface area contributed by atoms with E-state index in [9.17, 15) is 43.5 Å². The number of carbonyl (C=O) groups excluding carboxylic acids is 3. The molecule has 0 spiro atoms. The first kappa shape index (κ1) is 96.2. The predicted octanol–water partition coefficient (Wildman–Crippen LogP) is 22.6. The molecule has 0 aromatic heterocycles. The van der Waals surface area contributed by atoms with Gasteiger partial charge in [0.05, 0.1) is 26.4 Å². The second-order valence-electron chi connectivity index (χ2n) is 25.4. The minimum absolute atomic E-state index is 0.0841. The summed E-state index contributed by atoms with van der Waals surface area (Å²) in [5.41, 5.74) is 0. The Labute approximate surface area is 612 Å². The smallest absolute Gasteiger partial charge is 0.463 e. The molecule has 4 N–H and O–H groups in total. The van der Waals surface area contributed by atoms with Crippen molar-refractivity contribution in [2.24, 2.45) is 0 Å². The number of hydrogen-bond acceptors (Lipinski definition) is 14. The molecule has 0 heterocycles. The highest BCUT2D eigenvalue weighted by Crippen LogP contribution is 2.45. The molecule has 16 nitrogen and oxygen atoms in total. The van der Waals surface area contributed by atoms with E-state index in [0.717, 1.165) is 173 Å². The molecule has 5 atom stereocenters. The first-order chi connectivity index (χ1) is 49.2. The number of unbranched alkanes of at least 4 members (excludes halogenated alkanes) is 23. The molecule has 101 heavy (non-hydrogen) atoms. The van der Waals surface area contributed by atoms with Crippen LogP contribution in [0.2, 0.25) is 0 Å². The average Bonchev–Trinajstić information content (AvgIpc) is 0.933. The number of aliphatic hydroxyl groups is 2. The van der Waals surface area contributed by atoms with Gasteiger partial charge in [0.15, 0.2) is 6.10 Å². The number of ether oxygens (including phenoxy) is 3. The quantitative estimate of drug-likeness (QED) is 0.0146. The first-order valence-electron chi connectivity index (χ1n) is 38.8. The average molecular weight is 1450 g/mol. The molecule has 0 aliphatic rings. The summed E-state index contributed by atoms with van der Waals surface area (Å²) in [5, 5.41) is 20.6. The fraction of sp³-hybridized carbons (Fsp3) is 0.651. The summed E-state index contributed by atoms with van der Waals surface area (Å²) < 4.78 is 61.0. The molecule has 0 radical (unpaired) electrons. The maximum absolute atomic E-state index is 12.9. The van der Waals surface area contributed by atoms with E-state index < -0.39 is 91.5 Å². The molecule has 576 valence electrons. The van der Waals surface area contributed by atoms with Gasteiger partial charge in [-0.05, 0) is 148 Å². The van der Waals surface area contributed by atoms with Gasteiger partial charge in [-0.2, -0.15) is 0 Å². The lowest BCUT2D eigenvalue weighted by atomic mass is 10.1. The Bertz CT molecular complexity index is 2470. The third-order valence-corrected chi connectivity index (χ3v) is 17.6.